The van der Waals surface area contributed by atoms with E-state index in [9.17, 15) is 4.39 Å². The first-order valence-corrected chi connectivity index (χ1v) is 7.92. The van der Waals surface area contributed by atoms with Gasteiger partial charge >= 0.3 is 0 Å². The third kappa shape index (κ3) is 3.20. The first-order chi connectivity index (χ1) is 10.9. The molecule has 120 valence electrons. The molecule has 0 radical (unpaired) electrons. The van der Waals surface area contributed by atoms with Gasteiger partial charge in [-0.2, -0.15) is 0 Å². The van der Waals surface area contributed by atoms with Crippen LogP contribution in [0.5, 0.6) is 11.5 Å². The van der Waals surface area contributed by atoms with E-state index in [-0.39, 0.29) is 5.82 Å². The van der Waals surface area contributed by atoms with E-state index in [1.165, 1.54) is 6.07 Å². The van der Waals surface area contributed by atoms with Crippen LogP contribution in [-0.2, 0) is 0 Å². The summed E-state index contributed by atoms with van der Waals surface area (Å²) in [6.45, 7) is 6.39. The second kappa shape index (κ2) is 5.89. The molecule has 0 fully saturated rings. The van der Waals surface area contributed by atoms with Crippen LogP contribution in [0.3, 0.4) is 0 Å². The first-order valence-electron chi connectivity index (χ1n) is 7.54. The first kappa shape index (κ1) is 15.9. The largest absolute Gasteiger partial charge is 0.494 e. The number of rotatable bonds is 3. The summed E-state index contributed by atoms with van der Waals surface area (Å²) in [6, 6.07) is 10.3. The third-order valence-electron chi connectivity index (χ3n) is 3.64. The molecule has 0 aromatic heterocycles. The van der Waals surface area contributed by atoms with Gasteiger partial charge in [-0.15, -0.1) is 0 Å². The molecule has 0 bridgehead atoms. The normalized spacial score (nSPS) is 15.4. The Labute approximate surface area is 140 Å². The molecule has 0 saturated heterocycles. The quantitative estimate of drug-likeness (QED) is 0.741. The van der Waals surface area contributed by atoms with Gasteiger partial charge in [0.05, 0.1) is 6.61 Å². The van der Waals surface area contributed by atoms with Crippen molar-refractivity contribution in [2.24, 2.45) is 0 Å². The van der Waals surface area contributed by atoms with Crippen molar-refractivity contribution in [2.75, 3.05) is 6.61 Å². The number of halogens is 2. The van der Waals surface area contributed by atoms with Crippen LogP contribution in [0.15, 0.2) is 42.5 Å². The number of benzene rings is 2. The molecule has 2 nitrogen and oxygen atoms in total. The van der Waals surface area contributed by atoms with Crippen LogP contribution in [0.25, 0.3) is 5.57 Å². The smallest absolute Gasteiger partial charge is 0.132 e. The summed E-state index contributed by atoms with van der Waals surface area (Å²) >= 11 is 5.87. The lowest BCUT2D eigenvalue weighted by atomic mass is 9.89. The minimum absolute atomic E-state index is 0.346. The summed E-state index contributed by atoms with van der Waals surface area (Å²) in [7, 11) is 0. The van der Waals surface area contributed by atoms with Crippen LogP contribution in [0.2, 0.25) is 5.02 Å². The molecule has 23 heavy (non-hydrogen) atoms. The molecule has 0 spiro atoms. The second-order valence-corrected chi connectivity index (χ2v) is 6.42. The van der Waals surface area contributed by atoms with Crippen molar-refractivity contribution in [2.45, 2.75) is 26.4 Å². The lowest BCUT2D eigenvalue weighted by molar-refractivity contribution is 0.157. The van der Waals surface area contributed by atoms with E-state index < -0.39 is 5.60 Å². The minimum Gasteiger partial charge on any atom is -0.494 e. The standard InChI is InChI=1S/C19H18ClFO2/c1-4-22-13-6-8-15-16(11-19(2,3)23-18(15)10-13)14-7-5-12(20)9-17(14)21/h5-11H,4H2,1-3H3. The van der Waals surface area contributed by atoms with E-state index in [2.05, 4.69) is 0 Å². The van der Waals surface area contributed by atoms with E-state index in [1.807, 2.05) is 45.0 Å². The molecule has 3 rings (SSSR count). The molecule has 1 aliphatic heterocycles. The molecule has 1 heterocycles. The fraction of sp³-hybridized carbons (Fsp3) is 0.263. The van der Waals surface area contributed by atoms with Gasteiger partial charge in [0.15, 0.2) is 0 Å². The topological polar surface area (TPSA) is 18.5 Å². The molecule has 2 aromatic rings. The fourth-order valence-electron chi connectivity index (χ4n) is 2.74. The Morgan fingerprint density at radius 3 is 2.57 bits per heavy atom. The highest BCUT2D eigenvalue weighted by molar-refractivity contribution is 6.30. The van der Waals surface area contributed by atoms with Gasteiger partial charge in [-0.1, -0.05) is 11.6 Å². The Kier molecular flexibility index (Phi) is 4.07. The van der Waals surface area contributed by atoms with Gasteiger partial charge in [0.1, 0.15) is 22.9 Å². The zero-order valence-electron chi connectivity index (χ0n) is 13.3. The molecule has 0 unspecified atom stereocenters. The molecule has 0 saturated carbocycles. The monoisotopic (exact) mass is 332 g/mol. The van der Waals surface area contributed by atoms with E-state index >= 15 is 0 Å². The van der Waals surface area contributed by atoms with E-state index in [1.54, 1.807) is 12.1 Å². The Hall–Kier alpha value is -2.00. The number of hydrogen-bond acceptors (Lipinski definition) is 2. The number of hydrogen-bond donors (Lipinski definition) is 0. The molecule has 0 atom stereocenters. The Morgan fingerprint density at radius 2 is 1.87 bits per heavy atom. The van der Waals surface area contributed by atoms with Gasteiger partial charge in [0.2, 0.25) is 0 Å². The maximum atomic E-state index is 14.4. The summed E-state index contributed by atoms with van der Waals surface area (Å²) in [5.41, 5.74) is 1.61. The zero-order chi connectivity index (χ0) is 16.6. The zero-order valence-corrected chi connectivity index (χ0v) is 14.1. The minimum atomic E-state index is -0.542. The van der Waals surface area contributed by atoms with Gasteiger partial charge in [-0.05, 0) is 62.8 Å². The van der Waals surface area contributed by atoms with Crippen molar-refractivity contribution in [3.8, 4) is 11.5 Å². The Bertz CT molecular complexity index is 781. The van der Waals surface area contributed by atoms with Crippen LogP contribution in [0.4, 0.5) is 4.39 Å². The van der Waals surface area contributed by atoms with Gasteiger partial charge < -0.3 is 9.47 Å². The van der Waals surface area contributed by atoms with Crippen LogP contribution >= 0.6 is 11.6 Å². The third-order valence-corrected chi connectivity index (χ3v) is 3.88. The van der Waals surface area contributed by atoms with E-state index in [0.717, 1.165) is 16.9 Å². The van der Waals surface area contributed by atoms with Crippen molar-refractivity contribution in [1.82, 2.24) is 0 Å². The number of ether oxygens (including phenoxy) is 2. The highest BCUT2D eigenvalue weighted by Gasteiger charge is 2.28. The van der Waals surface area contributed by atoms with Gasteiger partial charge in [0, 0.05) is 22.2 Å². The van der Waals surface area contributed by atoms with E-state index in [4.69, 9.17) is 21.1 Å². The van der Waals surface area contributed by atoms with Crippen molar-refractivity contribution in [3.05, 3.63) is 64.4 Å². The summed E-state index contributed by atoms with van der Waals surface area (Å²) < 4.78 is 25.9. The van der Waals surface area contributed by atoms with Crippen molar-refractivity contribution in [3.63, 3.8) is 0 Å². The molecule has 0 aliphatic carbocycles. The summed E-state index contributed by atoms with van der Waals surface area (Å²) in [4.78, 5) is 0. The Balaban J connectivity index is 2.15. The highest BCUT2D eigenvalue weighted by Crippen LogP contribution is 2.42. The second-order valence-electron chi connectivity index (χ2n) is 5.98. The van der Waals surface area contributed by atoms with Crippen molar-refractivity contribution >= 4 is 17.2 Å². The lowest BCUT2D eigenvalue weighted by Crippen LogP contribution is -2.29. The molecule has 0 N–H and O–H groups in total. The highest BCUT2D eigenvalue weighted by atomic mass is 35.5. The predicted molar refractivity (Wildman–Crippen MR) is 90.8 cm³/mol. The fourth-order valence-corrected chi connectivity index (χ4v) is 2.89. The lowest BCUT2D eigenvalue weighted by Gasteiger charge is -2.31. The van der Waals surface area contributed by atoms with Gasteiger partial charge in [-0.3, -0.25) is 0 Å². The summed E-state index contributed by atoms with van der Waals surface area (Å²) in [6.07, 6.45) is 1.93. The van der Waals surface area contributed by atoms with E-state index in [0.29, 0.717) is 22.9 Å². The van der Waals surface area contributed by atoms with Crippen molar-refractivity contribution < 1.29 is 13.9 Å². The molecule has 4 heteroatoms. The SMILES string of the molecule is CCOc1ccc2c(c1)OC(C)(C)C=C2c1ccc(Cl)cc1F. The average Bonchev–Trinajstić information content (AvgIpc) is 2.45. The van der Waals surface area contributed by atoms with Crippen LogP contribution in [-0.4, -0.2) is 12.2 Å². The number of fused-ring (bicyclic) bond motifs is 1. The van der Waals surface area contributed by atoms with Gasteiger partial charge in [0.25, 0.3) is 0 Å². The maximum absolute atomic E-state index is 14.4. The molecule has 2 aromatic carbocycles. The van der Waals surface area contributed by atoms with Crippen LogP contribution < -0.4 is 9.47 Å². The summed E-state index contributed by atoms with van der Waals surface area (Å²) in [5, 5.41) is 0.380. The van der Waals surface area contributed by atoms with Crippen LogP contribution in [0.1, 0.15) is 31.9 Å². The maximum Gasteiger partial charge on any atom is 0.132 e. The summed E-state index contributed by atoms with van der Waals surface area (Å²) in [5.74, 6) is 1.08. The molecule has 1 aliphatic rings. The van der Waals surface area contributed by atoms with Crippen molar-refractivity contribution in [1.29, 1.82) is 0 Å². The molecular formula is C19H18ClFO2. The van der Waals surface area contributed by atoms with Gasteiger partial charge in [-0.25, -0.2) is 4.39 Å². The Morgan fingerprint density at radius 1 is 1.13 bits per heavy atom. The predicted octanol–water partition coefficient (Wildman–Crippen LogP) is 5.48. The van der Waals surface area contributed by atoms with Crippen LogP contribution in [0, 0.1) is 5.82 Å². The molecule has 0 amide bonds. The molecular weight excluding hydrogens is 315 g/mol. The average molecular weight is 333 g/mol.